The smallest absolute Gasteiger partial charge is 0.261 e. The number of hydrogen-bond donors (Lipinski definition) is 3. The van der Waals surface area contributed by atoms with Crippen molar-refractivity contribution < 1.29 is 18.3 Å². The van der Waals surface area contributed by atoms with E-state index in [4.69, 9.17) is 0 Å². The molecule has 0 radical (unpaired) electrons. The van der Waals surface area contributed by atoms with Gasteiger partial charge in [-0.05, 0) is 68.5 Å². The van der Waals surface area contributed by atoms with Gasteiger partial charge >= 0.3 is 0 Å². The predicted octanol–water partition coefficient (Wildman–Crippen LogP) is 3.24. The minimum absolute atomic E-state index is 0.0294. The summed E-state index contributed by atoms with van der Waals surface area (Å²) in [5.74, 6) is -0.221. The van der Waals surface area contributed by atoms with Gasteiger partial charge in [0.05, 0.1) is 11.0 Å². The number of aliphatic hydroxyl groups excluding tert-OH is 1. The Bertz CT molecular complexity index is 939. The molecule has 0 bridgehead atoms. The van der Waals surface area contributed by atoms with E-state index in [2.05, 4.69) is 10.0 Å². The molecule has 0 fully saturated rings. The third-order valence-electron chi connectivity index (χ3n) is 4.39. The summed E-state index contributed by atoms with van der Waals surface area (Å²) < 4.78 is 28.0. The zero-order valence-corrected chi connectivity index (χ0v) is 17.5. The lowest BCUT2D eigenvalue weighted by atomic mass is 10.0. The number of rotatable bonds is 8. The third kappa shape index (κ3) is 6.07. The molecule has 0 aliphatic carbocycles. The van der Waals surface area contributed by atoms with Gasteiger partial charge in [-0.2, -0.15) is 0 Å². The van der Waals surface area contributed by atoms with E-state index in [0.717, 1.165) is 5.56 Å². The molecule has 0 aliphatic heterocycles. The number of nitrogens with one attached hydrogen (secondary N) is 2. The summed E-state index contributed by atoms with van der Waals surface area (Å²) in [6, 6.07) is 11.6. The lowest BCUT2D eigenvalue weighted by Crippen LogP contribution is -2.30. The van der Waals surface area contributed by atoms with Crippen LogP contribution in [0.3, 0.4) is 0 Å². The number of hydrogen-bond acceptors (Lipinski definition) is 4. The van der Waals surface area contributed by atoms with E-state index in [1.54, 1.807) is 38.1 Å². The summed E-state index contributed by atoms with van der Waals surface area (Å²) in [5, 5.41) is 12.2. The second kappa shape index (κ2) is 9.21. The monoisotopic (exact) mass is 404 g/mol. The Morgan fingerprint density at radius 1 is 1.11 bits per heavy atom. The number of carbonyl (C=O) groups is 1. The van der Waals surface area contributed by atoms with E-state index in [9.17, 15) is 18.3 Å². The molecule has 2 aromatic rings. The summed E-state index contributed by atoms with van der Waals surface area (Å²) in [7, 11) is -3.81. The van der Waals surface area contributed by atoms with Crippen LogP contribution in [0.1, 0.15) is 41.8 Å². The third-order valence-corrected chi connectivity index (χ3v) is 5.77. The van der Waals surface area contributed by atoms with Crippen molar-refractivity contribution >= 4 is 21.6 Å². The van der Waals surface area contributed by atoms with Gasteiger partial charge < -0.3 is 10.4 Å². The molecule has 3 N–H and O–H groups in total. The molecule has 2 aromatic carbocycles. The van der Waals surface area contributed by atoms with Crippen LogP contribution in [-0.2, 0) is 10.0 Å². The average molecular weight is 405 g/mol. The number of aliphatic hydroxyl groups is 1. The number of amides is 1. The zero-order valence-electron chi connectivity index (χ0n) is 16.7. The number of aryl methyl sites for hydroxylation is 2. The maximum atomic E-state index is 12.7. The van der Waals surface area contributed by atoms with Gasteiger partial charge in [0.1, 0.15) is 0 Å². The molecule has 2 atom stereocenters. The van der Waals surface area contributed by atoms with E-state index >= 15 is 0 Å². The second-order valence-electron chi connectivity index (χ2n) is 7.35. The summed E-state index contributed by atoms with van der Waals surface area (Å²) in [6.45, 7) is 7.69. The Balaban J connectivity index is 2.18. The molecule has 0 spiro atoms. The van der Waals surface area contributed by atoms with Gasteiger partial charge in [-0.25, -0.2) is 8.42 Å². The number of anilines is 1. The van der Waals surface area contributed by atoms with Gasteiger partial charge in [0.15, 0.2) is 0 Å². The van der Waals surface area contributed by atoms with Crippen molar-refractivity contribution in [1.82, 2.24) is 5.32 Å². The standard InChI is InChI=1S/C21H28N2O4S/c1-14-6-5-7-18(11-14)23-28(26,27)19-9-8-16(3)20(12-19)21(25)22-13-15(2)10-17(4)24/h5-9,11-12,15,17,23-24H,10,13H2,1-4H3,(H,22,25)/t15-,17-/m0/s1. The Morgan fingerprint density at radius 2 is 1.82 bits per heavy atom. The topological polar surface area (TPSA) is 95.5 Å². The van der Waals surface area contributed by atoms with Crippen LogP contribution < -0.4 is 10.0 Å². The van der Waals surface area contributed by atoms with Crippen LogP contribution >= 0.6 is 0 Å². The fourth-order valence-electron chi connectivity index (χ4n) is 2.96. The quantitative estimate of drug-likeness (QED) is 0.629. The van der Waals surface area contributed by atoms with Crippen LogP contribution in [0.25, 0.3) is 0 Å². The molecule has 1 amide bonds. The highest BCUT2D eigenvalue weighted by molar-refractivity contribution is 7.92. The van der Waals surface area contributed by atoms with Crippen molar-refractivity contribution in [1.29, 1.82) is 0 Å². The molecule has 0 saturated carbocycles. The van der Waals surface area contributed by atoms with Crippen LogP contribution in [0.5, 0.6) is 0 Å². The summed E-state index contributed by atoms with van der Waals surface area (Å²) in [5.41, 5.74) is 2.42. The fraction of sp³-hybridized carbons (Fsp3) is 0.381. The van der Waals surface area contributed by atoms with Crippen molar-refractivity contribution in [3.05, 3.63) is 59.2 Å². The number of sulfonamides is 1. The normalized spacial score (nSPS) is 13.6. The first-order chi connectivity index (χ1) is 13.1. The first-order valence-corrected chi connectivity index (χ1v) is 10.7. The maximum Gasteiger partial charge on any atom is 0.261 e. The Morgan fingerprint density at radius 3 is 2.46 bits per heavy atom. The molecule has 0 saturated heterocycles. The van der Waals surface area contributed by atoms with Crippen LogP contribution in [-0.4, -0.2) is 32.1 Å². The predicted molar refractivity (Wildman–Crippen MR) is 111 cm³/mol. The van der Waals surface area contributed by atoms with Gasteiger partial charge in [-0.1, -0.05) is 25.1 Å². The van der Waals surface area contributed by atoms with Crippen LogP contribution in [0.2, 0.25) is 0 Å². The molecule has 7 heteroatoms. The summed E-state index contributed by atoms with van der Waals surface area (Å²) >= 11 is 0. The zero-order chi connectivity index (χ0) is 20.9. The SMILES string of the molecule is Cc1cccc(NS(=O)(=O)c2ccc(C)c(C(=O)NC[C@@H](C)C[C@H](C)O)c2)c1. The molecule has 0 unspecified atom stereocenters. The van der Waals surface area contributed by atoms with Crippen LogP contribution in [0.15, 0.2) is 47.4 Å². The van der Waals surface area contributed by atoms with Gasteiger partial charge in [-0.3, -0.25) is 9.52 Å². The summed E-state index contributed by atoms with van der Waals surface area (Å²) in [4.78, 5) is 12.6. The minimum Gasteiger partial charge on any atom is -0.393 e. The lowest BCUT2D eigenvalue weighted by molar-refractivity contribution is 0.0938. The Labute approximate surface area is 167 Å². The largest absolute Gasteiger partial charge is 0.393 e. The number of benzene rings is 2. The van der Waals surface area contributed by atoms with E-state index in [-0.39, 0.29) is 16.7 Å². The van der Waals surface area contributed by atoms with Crippen molar-refractivity contribution in [3.8, 4) is 0 Å². The van der Waals surface area contributed by atoms with Crippen LogP contribution in [0.4, 0.5) is 5.69 Å². The molecular weight excluding hydrogens is 376 g/mol. The summed E-state index contributed by atoms with van der Waals surface area (Å²) in [6.07, 6.45) is 0.142. The molecule has 152 valence electrons. The van der Waals surface area contributed by atoms with E-state index in [1.807, 2.05) is 19.9 Å². The van der Waals surface area contributed by atoms with Crippen molar-refractivity contribution in [2.24, 2.45) is 5.92 Å². The van der Waals surface area contributed by atoms with E-state index in [0.29, 0.717) is 29.8 Å². The number of carbonyl (C=O) groups excluding carboxylic acids is 1. The lowest BCUT2D eigenvalue weighted by Gasteiger charge is -2.15. The highest BCUT2D eigenvalue weighted by atomic mass is 32.2. The highest BCUT2D eigenvalue weighted by Gasteiger charge is 2.19. The molecule has 6 nitrogen and oxygen atoms in total. The molecule has 2 rings (SSSR count). The van der Waals surface area contributed by atoms with E-state index in [1.165, 1.54) is 12.1 Å². The molecule has 28 heavy (non-hydrogen) atoms. The van der Waals surface area contributed by atoms with Gasteiger partial charge in [0.25, 0.3) is 15.9 Å². The Hall–Kier alpha value is -2.38. The van der Waals surface area contributed by atoms with Crippen molar-refractivity contribution in [3.63, 3.8) is 0 Å². The van der Waals surface area contributed by atoms with Gasteiger partial charge in [0.2, 0.25) is 0 Å². The second-order valence-corrected chi connectivity index (χ2v) is 9.03. The van der Waals surface area contributed by atoms with Gasteiger partial charge in [0, 0.05) is 17.8 Å². The van der Waals surface area contributed by atoms with Gasteiger partial charge in [-0.15, -0.1) is 0 Å². The first kappa shape index (κ1) is 21.9. The highest BCUT2D eigenvalue weighted by Crippen LogP contribution is 2.20. The molecule has 0 aliphatic rings. The first-order valence-electron chi connectivity index (χ1n) is 9.25. The maximum absolute atomic E-state index is 12.7. The van der Waals surface area contributed by atoms with E-state index < -0.39 is 16.1 Å². The average Bonchev–Trinajstić information content (AvgIpc) is 2.59. The van der Waals surface area contributed by atoms with Crippen LogP contribution in [0, 0.1) is 19.8 Å². The molecular formula is C21H28N2O4S. The molecule has 0 heterocycles. The van der Waals surface area contributed by atoms with Crippen molar-refractivity contribution in [2.45, 2.75) is 45.1 Å². The fourth-order valence-corrected chi connectivity index (χ4v) is 4.04. The minimum atomic E-state index is -3.81. The Kier molecular flexibility index (Phi) is 7.21. The molecule has 0 aromatic heterocycles. The van der Waals surface area contributed by atoms with Crippen molar-refractivity contribution in [2.75, 3.05) is 11.3 Å².